The summed E-state index contributed by atoms with van der Waals surface area (Å²) in [6.07, 6.45) is 2.32. The van der Waals surface area contributed by atoms with E-state index in [9.17, 15) is 14.7 Å². The molecule has 3 fully saturated rings. The van der Waals surface area contributed by atoms with Crippen molar-refractivity contribution in [3.8, 4) is 0 Å². The highest BCUT2D eigenvalue weighted by molar-refractivity contribution is 6.30. The monoisotopic (exact) mass is 401 g/mol. The Morgan fingerprint density at radius 2 is 1.96 bits per heavy atom. The number of carbonyl (C=O) groups is 2. The standard InChI is InChI=1S/C20H29Cl2NO3/c1-10-5-6-15-19(2,3)17(22)13(21)9-20(15,4)12(10)8-14(24)11-7-16(25)23-18(11)26/h11-15,17,24H,1,5-9H2,2-4H3,(H,23,25,26)/t11-,12+,13+,14+,15+,17-,20-/m1/s1. The van der Waals surface area contributed by atoms with Crippen LogP contribution in [0, 0.1) is 28.6 Å². The summed E-state index contributed by atoms with van der Waals surface area (Å²) in [7, 11) is 0. The average Bonchev–Trinajstić information content (AvgIpc) is 2.87. The molecule has 2 N–H and O–H groups in total. The maximum atomic E-state index is 12.0. The van der Waals surface area contributed by atoms with Crippen molar-refractivity contribution in [2.75, 3.05) is 0 Å². The number of rotatable bonds is 3. The Bertz CT molecular complexity index is 635. The van der Waals surface area contributed by atoms with Crippen LogP contribution in [0.4, 0.5) is 0 Å². The highest BCUT2D eigenvalue weighted by atomic mass is 35.5. The minimum absolute atomic E-state index is 0.0597. The van der Waals surface area contributed by atoms with Crippen molar-refractivity contribution in [2.24, 2.45) is 28.6 Å². The van der Waals surface area contributed by atoms with E-state index in [1.807, 2.05) is 0 Å². The van der Waals surface area contributed by atoms with Crippen LogP contribution in [0.2, 0.25) is 0 Å². The summed E-state index contributed by atoms with van der Waals surface area (Å²) in [5.74, 6) is -0.914. The molecule has 2 amide bonds. The van der Waals surface area contributed by atoms with Crippen LogP contribution in [0.25, 0.3) is 0 Å². The second kappa shape index (κ2) is 6.79. The topological polar surface area (TPSA) is 66.4 Å². The van der Waals surface area contributed by atoms with Gasteiger partial charge >= 0.3 is 0 Å². The first kappa shape index (κ1) is 20.2. The Morgan fingerprint density at radius 1 is 1.31 bits per heavy atom. The van der Waals surface area contributed by atoms with Crippen molar-refractivity contribution < 1.29 is 14.7 Å². The van der Waals surface area contributed by atoms with Crippen LogP contribution in [0.1, 0.15) is 52.9 Å². The van der Waals surface area contributed by atoms with Gasteiger partial charge in [0.05, 0.1) is 22.8 Å². The van der Waals surface area contributed by atoms with E-state index in [1.54, 1.807) is 0 Å². The van der Waals surface area contributed by atoms with Crippen LogP contribution >= 0.6 is 23.2 Å². The first-order valence-corrected chi connectivity index (χ1v) is 10.3. The third-order valence-corrected chi connectivity index (χ3v) is 8.75. The van der Waals surface area contributed by atoms with Crippen molar-refractivity contribution in [1.29, 1.82) is 0 Å². The number of aliphatic hydroxyl groups excluding tert-OH is 1. The average molecular weight is 402 g/mol. The molecule has 1 aliphatic heterocycles. The summed E-state index contributed by atoms with van der Waals surface area (Å²) >= 11 is 13.3. The number of hydrogen-bond acceptors (Lipinski definition) is 3. The van der Waals surface area contributed by atoms with Crippen LogP contribution in [-0.4, -0.2) is 33.8 Å². The van der Waals surface area contributed by atoms with Crippen molar-refractivity contribution in [2.45, 2.75) is 69.7 Å². The predicted octanol–water partition coefficient (Wildman–Crippen LogP) is 3.63. The molecule has 0 aromatic heterocycles. The van der Waals surface area contributed by atoms with Gasteiger partial charge in [0.15, 0.2) is 0 Å². The number of hydrogen-bond donors (Lipinski definition) is 2. The van der Waals surface area contributed by atoms with Gasteiger partial charge in [-0.3, -0.25) is 14.9 Å². The summed E-state index contributed by atoms with van der Waals surface area (Å²) in [6.45, 7) is 10.9. The Kier molecular flexibility index (Phi) is 5.26. The molecule has 1 heterocycles. The molecule has 7 atom stereocenters. The fourth-order valence-corrected chi connectivity index (χ4v) is 6.86. The van der Waals surface area contributed by atoms with E-state index in [2.05, 4.69) is 32.7 Å². The maximum absolute atomic E-state index is 12.0. The second-order valence-corrected chi connectivity index (χ2v) is 10.3. The molecule has 26 heavy (non-hydrogen) atoms. The number of nitrogens with one attached hydrogen (secondary N) is 1. The molecule has 1 saturated heterocycles. The Labute approximate surface area is 165 Å². The van der Waals surface area contributed by atoms with E-state index in [-0.39, 0.29) is 45.7 Å². The SMILES string of the molecule is C=C1CC[C@H]2C(C)(C)[C@H](Cl)[C@@H](Cl)C[C@]2(C)[C@H]1C[C@H](O)[C@H]1CC(=O)NC1=O. The maximum Gasteiger partial charge on any atom is 0.232 e. The van der Waals surface area contributed by atoms with Gasteiger partial charge in [0, 0.05) is 6.42 Å². The minimum atomic E-state index is -0.857. The van der Waals surface area contributed by atoms with Gasteiger partial charge in [-0.25, -0.2) is 0 Å². The van der Waals surface area contributed by atoms with Crippen LogP contribution < -0.4 is 5.32 Å². The van der Waals surface area contributed by atoms with Crippen LogP contribution in [0.5, 0.6) is 0 Å². The second-order valence-electron chi connectivity index (χ2n) is 9.28. The number of amides is 2. The highest BCUT2D eigenvalue weighted by Crippen LogP contribution is 2.63. The molecular formula is C20H29Cl2NO3. The van der Waals surface area contributed by atoms with Gasteiger partial charge in [-0.2, -0.15) is 0 Å². The number of imide groups is 1. The summed E-state index contributed by atoms with van der Waals surface area (Å²) < 4.78 is 0. The fourth-order valence-electron chi connectivity index (χ4n) is 5.96. The molecule has 0 bridgehead atoms. The summed E-state index contributed by atoms with van der Waals surface area (Å²) in [4.78, 5) is 23.4. The molecule has 2 saturated carbocycles. The van der Waals surface area contributed by atoms with E-state index in [0.29, 0.717) is 12.3 Å². The molecule has 4 nitrogen and oxygen atoms in total. The first-order valence-electron chi connectivity index (χ1n) is 9.46. The van der Waals surface area contributed by atoms with Gasteiger partial charge in [0.2, 0.25) is 11.8 Å². The van der Waals surface area contributed by atoms with Gasteiger partial charge in [-0.15, -0.1) is 23.2 Å². The van der Waals surface area contributed by atoms with Gasteiger partial charge in [-0.05, 0) is 48.3 Å². The molecule has 6 heteroatoms. The molecule has 0 aromatic carbocycles. The number of fused-ring (bicyclic) bond motifs is 1. The summed E-state index contributed by atoms with van der Waals surface area (Å²) in [6, 6.07) is 0. The van der Waals surface area contributed by atoms with Gasteiger partial charge in [0.25, 0.3) is 0 Å². The van der Waals surface area contributed by atoms with E-state index in [0.717, 1.165) is 24.8 Å². The van der Waals surface area contributed by atoms with Crippen LogP contribution in [0.3, 0.4) is 0 Å². The lowest BCUT2D eigenvalue weighted by molar-refractivity contribution is -0.128. The van der Waals surface area contributed by atoms with Crippen molar-refractivity contribution in [1.82, 2.24) is 5.32 Å². The van der Waals surface area contributed by atoms with E-state index in [1.165, 1.54) is 0 Å². The third-order valence-electron chi connectivity index (χ3n) is 7.35. The lowest BCUT2D eigenvalue weighted by Gasteiger charge is -2.61. The van der Waals surface area contributed by atoms with Gasteiger partial charge < -0.3 is 5.11 Å². The molecular weight excluding hydrogens is 373 g/mol. The largest absolute Gasteiger partial charge is 0.392 e. The molecule has 2 aliphatic carbocycles. The Hall–Kier alpha value is -0.580. The van der Waals surface area contributed by atoms with Gasteiger partial charge in [-0.1, -0.05) is 32.9 Å². The quantitative estimate of drug-likeness (QED) is 0.430. The lowest BCUT2D eigenvalue weighted by atomic mass is 9.46. The number of allylic oxidation sites excluding steroid dienone is 1. The van der Waals surface area contributed by atoms with Crippen molar-refractivity contribution in [3.05, 3.63) is 12.2 Å². The molecule has 0 unspecified atom stereocenters. The normalized spacial score (nSPS) is 43.8. The predicted molar refractivity (Wildman–Crippen MR) is 103 cm³/mol. The molecule has 0 aromatic rings. The van der Waals surface area contributed by atoms with Gasteiger partial charge in [0.1, 0.15) is 0 Å². The molecule has 0 spiro atoms. The first-order chi connectivity index (χ1) is 12.0. The number of aliphatic hydroxyl groups is 1. The number of halogens is 2. The zero-order valence-electron chi connectivity index (χ0n) is 15.7. The smallest absolute Gasteiger partial charge is 0.232 e. The number of alkyl halides is 2. The number of carbonyl (C=O) groups excluding carboxylic acids is 2. The van der Waals surface area contributed by atoms with Crippen molar-refractivity contribution in [3.63, 3.8) is 0 Å². The van der Waals surface area contributed by atoms with Crippen LogP contribution in [0.15, 0.2) is 12.2 Å². The zero-order chi connectivity index (χ0) is 19.4. The Morgan fingerprint density at radius 3 is 2.54 bits per heavy atom. The highest BCUT2D eigenvalue weighted by Gasteiger charge is 2.59. The summed E-state index contributed by atoms with van der Waals surface area (Å²) in [5.41, 5.74) is 0.864. The fraction of sp³-hybridized carbons (Fsp3) is 0.800. The zero-order valence-corrected chi connectivity index (χ0v) is 17.2. The lowest BCUT2D eigenvalue weighted by Crippen LogP contribution is -2.57. The Balaban J connectivity index is 1.87. The van der Waals surface area contributed by atoms with Crippen molar-refractivity contribution >= 4 is 35.0 Å². The van der Waals surface area contributed by atoms with E-state index in [4.69, 9.17) is 23.2 Å². The van der Waals surface area contributed by atoms with E-state index >= 15 is 0 Å². The summed E-state index contributed by atoms with van der Waals surface area (Å²) in [5, 5.41) is 12.8. The molecule has 3 aliphatic rings. The minimum Gasteiger partial charge on any atom is -0.392 e. The molecule has 146 valence electrons. The molecule has 0 radical (unpaired) electrons. The van der Waals surface area contributed by atoms with E-state index < -0.39 is 12.0 Å². The third kappa shape index (κ3) is 3.12. The molecule has 3 rings (SSSR count). The van der Waals surface area contributed by atoms with Crippen LogP contribution in [-0.2, 0) is 9.59 Å².